The molecule has 3 nitrogen and oxygen atoms in total. The Bertz CT molecular complexity index is 1380. The van der Waals surface area contributed by atoms with Crippen molar-refractivity contribution in [1.29, 1.82) is 0 Å². The highest BCUT2D eigenvalue weighted by Gasteiger charge is 2.33. The van der Waals surface area contributed by atoms with Gasteiger partial charge in [-0.25, -0.2) is 0 Å². The normalized spacial score (nSPS) is 14.9. The molecule has 0 bridgehead atoms. The van der Waals surface area contributed by atoms with Gasteiger partial charge < -0.3 is 4.74 Å². The summed E-state index contributed by atoms with van der Waals surface area (Å²) in [4.78, 5) is 15.5. The second-order valence-corrected chi connectivity index (χ2v) is 9.50. The molecule has 0 unspecified atom stereocenters. The van der Waals surface area contributed by atoms with Crippen LogP contribution >= 0.6 is 24.0 Å². The number of carbonyl (C=O) groups is 1. The summed E-state index contributed by atoms with van der Waals surface area (Å²) in [6.07, 6.45) is 1.91. The number of nitrogens with zero attached hydrogens (tertiary/aromatic N) is 1. The molecule has 1 saturated heterocycles. The zero-order valence-electron chi connectivity index (χ0n) is 18.0. The fourth-order valence-corrected chi connectivity index (χ4v) is 5.08. The number of anilines is 1. The van der Waals surface area contributed by atoms with E-state index in [1.807, 2.05) is 91.9 Å². The Kier molecular flexibility index (Phi) is 5.99. The Balaban J connectivity index is 1.53. The summed E-state index contributed by atoms with van der Waals surface area (Å²) in [6.45, 7) is 2.47. The van der Waals surface area contributed by atoms with Gasteiger partial charge in [0.2, 0.25) is 0 Å². The van der Waals surface area contributed by atoms with Crippen LogP contribution in [0.5, 0.6) is 5.75 Å². The minimum Gasteiger partial charge on any atom is -0.488 e. The van der Waals surface area contributed by atoms with Crippen LogP contribution in [0.15, 0.2) is 95.9 Å². The first-order valence-corrected chi connectivity index (χ1v) is 11.9. The zero-order chi connectivity index (χ0) is 22.8. The predicted octanol–water partition coefficient (Wildman–Crippen LogP) is 7.13. The smallest absolute Gasteiger partial charge is 0.270 e. The first-order chi connectivity index (χ1) is 16.1. The van der Waals surface area contributed by atoms with Crippen LogP contribution in [-0.4, -0.2) is 10.2 Å². The van der Waals surface area contributed by atoms with E-state index in [9.17, 15) is 4.79 Å². The fourth-order valence-electron chi connectivity index (χ4n) is 3.80. The molecular formula is C28H21NO2S2. The summed E-state index contributed by atoms with van der Waals surface area (Å²) >= 11 is 6.89. The summed E-state index contributed by atoms with van der Waals surface area (Å²) in [5.41, 5.74) is 3.89. The third kappa shape index (κ3) is 4.42. The third-order valence-electron chi connectivity index (χ3n) is 5.53. The molecule has 0 saturated carbocycles. The van der Waals surface area contributed by atoms with Gasteiger partial charge in [-0.05, 0) is 47.5 Å². The van der Waals surface area contributed by atoms with Crippen molar-refractivity contribution in [2.24, 2.45) is 0 Å². The number of carbonyl (C=O) groups excluding carboxylic acids is 1. The molecule has 4 aromatic rings. The third-order valence-corrected chi connectivity index (χ3v) is 6.83. The van der Waals surface area contributed by atoms with Crippen LogP contribution in [0.2, 0.25) is 0 Å². The van der Waals surface area contributed by atoms with E-state index in [0.29, 0.717) is 15.8 Å². The lowest BCUT2D eigenvalue weighted by atomic mass is 10.0. The maximum Gasteiger partial charge on any atom is 0.270 e. The Hall–Kier alpha value is -3.41. The van der Waals surface area contributed by atoms with Crippen molar-refractivity contribution in [3.05, 3.63) is 113 Å². The summed E-state index contributed by atoms with van der Waals surface area (Å²) in [5.74, 6) is 0.619. The largest absolute Gasteiger partial charge is 0.488 e. The van der Waals surface area contributed by atoms with Gasteiger partial charge in [-0.2, -0.15) is 0 Å². The Morgan fingerprint density at radius 1 is 0.909 bits per heavy atom. The molecule has 33 heavy (non-hydrogen) atoms. The first kappa shape index (κ1) is 21.4. The lowest BCUT2D eigenvalue weighted by Gasteiger charge is -2.15. The van der Waals surface area contributed by atoms with E-state index in [0.717, 1.165) is 38.9 Å². The van der Waals surface area contributed by atoms with Gasteiger partial charge in [0.15, 0.2) is 4.32 Å². The van der Waals surface area contributed by atoms with Crippen LogP contribution in [-0.2, 0) is 11.4 Å². The minimum absolute atomic E-state index is 0.115. The van der Waals surface area contributed by atoms with Gasteiger partial charge in [0.25, 0.3) is 5.91 Å². The molecule has 4 aromatic carbocycles. The lowest BCUT2D eigenvalue weighted by molar-refractivity contribution is -0.113. The molecule has 0 radical (unpaired) electrons. The number of aryl methyl sites for hydroxylation is 1. The summed E-state index contributed by atoms with van der Waals surface area (Å²) < 4.78 is 6.75. The fraction of sp³-hybridized carbons (Fsp3) is 0.0714. The van der Waals surface area contributed by atoms with Gasteiger partial charge in [0.05, 0.1) is 10.6 Å². The highest BCUT2D eigenvalue weighted by atomic mass is 32.2. The molecule has 0 atom stereocenters. The predicted molar refractivity (Wildman–Crippen MR) is 142 cm³/mol. The summed E-state index contributed by atoms with van der Waals surface area (Å²) in [5, 5.41) is 2.12. The Morgan fingerprint density at radius 2 is 1.64 bits per heavy atom. The Morgan fingerprint density at radius 3 is 2.42 bits per heavy atom. The topological polar surface area (TPSA) is 29.5 Å². The molecule has 1 fully saturated rings. The van der Waals surface area contributed by atoms with Crippen LogP contribution in [0, 0.1) is 6.92 Å². The molecule has 0 N–H and O–H groups in total. The summed E-state index contributed by atoms with van der Waals surface area (Å²) in [6, 6.07) is 30.0. The van der Waals surface area contributed by atoms with Crippen LogP contribution in [0.3, 0.4) is 0 Å². The van der Waals surface area contributed by atoms with Crippen molar-refractivity contribution in [2.45, 2.75) is 13.5 Å². The van der Waals surface area contributed by atoms with Crippen molar-refractivity contribution < 1.29 is 9.53 Å². The maximum atomic E-state index is 13.3. The second-order valence-electron chi connectivity index (χ2n) is 7.83. The van der Waals surface area contributed by atoms with Gasteiger partial charge in [-0.1, -0.05) is 102 Å². The molecule has 1 heterocycles. The van der Waals surface area contributed by atoms with E-state index in [1.165, 1.54) is 11.8 Å². The van der Waals surface area contributed by atoms with Crippen molar-refractivity contribution in [3.8, 4) is 5.75 Å². The van der Waals surface area contributed by atoms with E-state index < -0.39 is 0 Å². The maximum absolute atomic E-state index is 13.3. The molecule has 1 amide bonds. The molecule has 5 rings (SSSR count). The van der Waals surface area contributed by atoms with Crippen LogP contribution in [0.25, 0.3) is 16.8 Å². The van der Waals surface area contributed by atoms with Crippen molar-refractivity contribution in [2.75, 3.05) is 4.90 Å². The number of thiocarbonyl (C=S) groups is 1. The van der Waals surface area contributed by atoms with Crippen molar-refractivity contribution in [3.63, 3.8) is 0 Å². The number of thioether (sulfide) groups is 1. The van der Waals surface area contributed by atoms with Gasteiger partial charge >= 0.3 is 0 Å². The van der Waals surface area contributed by atoms with Gasteiger partial charge in [0, 0.05) is 5.56 Å². The number of rotatable bonds is 5. The molecule has 5 heteroatoms. The highest BCUT2D eigenvalue weighted by Crippen LogP contribution is 2.39. The molecule has 0 spiro atoms. The van der Waals surface area contributed by atoms with Crippen molar-refractivity contribution in [1.82, 2.24) is 0 Å². The van der Waals surface area contributed by atoms with Crippen LogP contribution in [0.1, 0.15) is 16.7 Å². The second kappa shape index (κ2) is 9.22. The SMILES string of the molecule is Cc1ccc(N2C(=O)/C(=C/c3c(OCc4ccccc4)ccc4ccccc34)SC2=S)cc1. The van der Waals surface area contributed by atoms with E-state index in [1.54, 1.807) is 4.90 Å². The molecule has 1 aliphatic heterocycles. The van der Waals surface area contributed by atoms with Gasteiger partial charge in [-0.15, -0.1) is 0 Å². The van der Waals surface area contributed by atoms with Crippen LogP contribution < -0.4 is 9.64 Å². The Labute approximate surface area is 202 Å². The molecule has 0 aliphatic carbocycles. The average molecular weight is 468 g/mol. The zero-order valence-corrected chi connectivity index (χ0v) is 19.7. The number of ether oxygens (including phenoxy) is 1. The number of hydrogen-bond donors (Lipinski definition) is 0. The van der Waals surface area contributed by atoms with Gasteiger partial charge in [0.1, 0.15) is 12.4 Å². The quantitative estimate of drug-likeness (QED) is 0.231. The van der Waals surface area contributed by atoms with E-state index >= 15 is 0 Å². The molecule has 1 aliphatic rings. The molecular weight excluding hydrogens is 446 g/mol. The monoisotopic (exact) mass is 467 g/mol. The number of fused-ring (bicyclic) bond motifs is 1. The number of benzene rings is 4. The average Bonchev–Trinajstić information content (AvgIpc) is 3.12. The van der Waals surface area contributed by atoms with Crippen LogP contribution in [0.4, 0.5) is 5.69 Å². The van der Waals surface area contributed by atoms with Gasteiger partial charge in [-0.3, -0.25) is 9.69 Å². The minimum atomic E-state index is -0.115. The molecule has 0 aromatic heterocycles. The van der Waals surface area contributed by atoms with Crippen molar-refractivity contribution >= 4 is 56.7 Å². The first-order valence-electron chi connectivity index (χ1n) is 10.6. The number of hydrogen-bond acceptors (Lipinski definition) is 4. The lowest BCUT2D eigenvalue weighted by Crippen LogP contribution is -2.27. The van der Waals surface area contributed by atoms with E-state index in [2.05, 4.69) is 12.1 Å². The van der Waals surface area contributed by atoms with E-state index in [4.69, 9.17) is 17.0 Å². The van der Waals surface area contributed by atoms with E-state index in [-0.39, 0.29) is 5.91 Å². The number of amides is 1. The highest BCUT2D eigenvalue weighted by molar-refractivity contribution is 8.27. The standard InChI is InChI=1S/C28H21NO2S2/c1-19-11-14-22(15-12-19)29-27(30)26(33-28(29)32)17-24-23-10-6-5-9-21(23)13-16-25(24)31-18-20-7-3-2-4-8-20/h2-17H,18H2,1H3/b26-17-. The summed E-state index contributed by atoms with van der Waals surface area (Å²) in [7, 11) is 0. The molecule has 162 valence electrons.